The number of aliphatic hydroxyl groups excluding tert-OH is 1. The van der Waals surface area contributed by atoms with Crippen molar-refractivity contribution in [2.75, 3.05) is 59.3 Å². The van der Waals surface area contributed by atoms with E-state index < -0.39 is 73.7 Å². The number of hydrogen-bond acceptors (Lipinski definition) is 16. The quantitative estimate of drug-likeness (QED) is 0.0448. The third-order valence-electron chi connectivity index (χ3n) is 6.34. The van der Waals surface area contributed by atoms with Gasteiger partial charge in [0.1, 0.15) is 18.5 Å². The molecule has 1 amide bonds. The van der Waals surface area contributed by atoms with Crippen LogP contribution in [0.2, 0.25) is 0 Å². The number of rotatable bonds is 21. The van der Waals surface area contributed by atoms with Crippen LogP contribution >= 0.6 is 0 Å². The molecule has 1 saturated heterocycles. The molecule has 2 N–H and O–H groups in total. The van der Waals surface area contributed by atoms with Gasteiger partial charge >= 0.3 is 23.9 Å². The molecule has 5 atom stereocenters. The second kappa shape index (κ2) is 22.2. The number of benzene rings is 1. The van der Waals surface area contributed by atoms with Gasteiger partial charge in [0.25, 0.3) is 5.91 Å². The molecule has 19 heteroatoms. The Labute approximate surface area is 281 Å². The Hall–Kier alpha value is -4.52. The summed E-state index contributed by atoms with van der Waals surface area (Å²) in [5.74, 6) is -3.82. The van der Waals surface area contributed by atoms with Crippen molar-refractivity contribution >= 4 is 29.8 Å². The molecule has 1 unspecified atom stereocenters. The Morgan fingerprint density at radius 3 is 2.02 bits per heavy atom. The molecular formula is C30H42N4O15. The largest absolute Gasteiger partial charge is 0.463 e. The molecule has 272 valence electrons. The zero-order chi connectivity index (χ0) is 36.2. The van der Waals surface area contributed by atoms with Crippen molar-refractivity contribution in [3.05, 3.63) is 39.8 Å². The van der Waals surface area contributed by atoms with Gasteiger partial charge in [-0.2, -0.15) is 0 Å². The van der Waals surface area contributed by atoms with Gasteiger partial charge in [-0.15, -0.1) is 0 Å². The summed E-state index contributed by atoms with van der Waals surface area (Å²) in [5.41, 5.74) is 8.54. The summed E-state index contributed by atoms with van der Waals surface area (Å²) >= 11 is 0. The van der Waals surface area contributed by atoms with Crippen molar-refractivity contribution in [1.82, 2.24) is 5.32 Å². The summed E-state index contributed by atoms with van der Waals surface area (Å²) in [6.07, 6.45) is -7.23. The lowest BCUT2D eigenvalue weighted by molar-refractivity contribution is -0.288. The van der Waals surface area contributed by atoms with Crippen molar-refractivity contribution in [3.63, 3.8) is 0 Å². The Kier molecular flexibility index (Phi) is 18.4. The first-order valence-corrected chi connectivity index (χ1v) is 15.2. The molecule has 1 aromatic carbocycles. The maximum absolute atomic E-state index is 13.3. The highest BCUT2D eigenvalue weighted by atomic mass is 16.7. The molecule has 0 bridgehead atoms. The average Bonchev–Trinajstić information content (AvgIpc) is 3.04. The average molecular weight is 699 g/mol. The van der Waals surface area contributed by atoms with Crippen molar-refractivity contribution in [2.45, 2.75) is 65.0 Å². The SMILES string of the molecule is CC(=O)OC[C@H]1OC(Oc2ccc(CO)cc2C(=O)NCCOCCOCCOCCN=[N+]=[N-])[C@H](OC(C)=O)[C@@H](OC(C)=O)[C@H]1OC(C)=O. The van der Waals surface area contributed by atoms with Gasteiger partial charge < -0.3 is 53.1 Å². The predicted octanol–water partition coefficient (Wildman–Crippen LogP) is 0.731. The first-order valence-electron chi connectivity index (χ1n) is 15.2. The lowest BCUT2D eigenvalue weighted by Gasteiger charge is -2.44. The summed E-state index contributed by atoms with van der Waals surface area (Å²) in [6.45, 7) is 5.45. The molecule has 1 fully saturated rings. The molecular weight excluding hydrogens is 656 g/mol. The van der Waals surface area contributed by atoms with E-state index in [1.54, 1.807) is 0 Å². The zero-order valence-corrected chi connectivity index (χ0v) is 27.7. The van der Waals surface area contributed by atoms with Gasteiger partial charge in [0.05, 0.1) is 51.8 Å². The number of amides is 1. The second-order valence-electron chi connectivity index (χ2n) is 10.2. The number of carbonyl (C=O) groups is 5. The number of hydrogen-bond donors (Lipinski definition) is 2. The molecule has 19 nitrogen and oxygen atoms in total. The lowest BCUT2D eigenvalue weighted by atomic mass is 9.98. The monoisotopic (exact) mass is 698 g/mol. The second-order valence-corrected chi connectivity index (χ2v) is 10.2. The molecule has 0 aliphatic carbocycles. The number of carbonyl (C=O) groups excluding carboxylic acids is 5. The molecule has 0 radical (unpaired) electrons. The topological polar surface area (TPSA) is 249 Å². The third-order valence-corrected chi connectivity index (χ3v) is 6.34. The molecule has 1 aliphatic rings. The summed E-state index contributed by atoms with van der Waals surface area (Å²) in [6, 6.07) is 4.23. The minimum absolute atomic E-state index is 0.0387. The van der Waals surface area contributed by atoms with Crippen LogP contribution < -0.4 is 10.1 Å². The zero-order valence-electron chi connectivity index (χ0n) is 27.7. The predicted molar refractivity (Wildman–Crippen MR) is 164 cm³/mol. The molecule has 1 aliphatic heterocycles. The summed E-state index contributed by atoms with van der Waals surface area (Å²) in [4.78, 5) is 63.7. The highest BCUT2D eigenvalue weighted by Crippen LogP contribution is 2.32. The van der Waals surface area contributed by atoms with Crippen LogP contribution in [0.3, 0.4) is 0 Å². The van der Waals surface area contributed by atoms with Crippen LogP contribution in [0, 0.1) is 0 Å². The third kappa shape index (κ3) is 15.1. The molecule has 0 saturated carbocycles. The highest BCUT2D eigenvalue weighted by molar-refractivity contribution is 5.97. The van der Waals surface area contributed by atoms with Crippen LogP contribution in [0.4, 0.5) is 0 Å². The van der Waals surface area contributed by atoms with Gasteiger partial charge in [0, 0.05) is 45.7 Å². The smallest absolute Gasteiger partial charge is 0.303 e. The van der Waals surface area contributed by atoms with E-state index in [-0.39, 0.29) is 44.2 Å². The van der Waals surface area contributed by atoms with Gasteiger partial charge in [0.2, 0.25) is 12.4 Å². The van der Waals surface area contributed by atoms with Crippen molar-refractivity contribution in [1.29, 1.82) is 0 Å². The molecule has 49 heavy (non-hydrogen) atoms. The number of nitrogens with one attached hydrogen (secondary N) is 1. The van der Waals surface area contributed by atoms with Gasteiger partial charge in [-0.3, -0.25) is 24.0 Å². The Morgan fingerprint density at radius 1 is 0.837 bits per heavy atom. The fourth-order valence-corrected chi connectivity index (χ4v) is 4.39. The van der Waals surface area contributed by atoms with E-state index in [9.17, 15) is 29.1 Å². The van der Waals surface area contributed by atoms with E-state index in [1.807, 2.05) is 0 Å². The van der Waals surface area contributed by atoms with E-state index in [4.69, 9.17) is 48.2 Å². The minimum atomic E-state index is -1.58. The number of nitrogens with zero attached hydrogens (tertiary/aromatic N) is 3. The van der Waals surface area contributed by atoms with E-state index in [0.29, 0.717) is 25.4 Å². The Bertz CT molecular complexity index is 1310. The van der Waals surface area contributed by atoms with Crippen LogP contribution in [0.15, 0.2) is 23.3 Å². The van der Waals surface area contributed by atoms with Crippen molar-refractivity contribution in [3.8, 4) is 5.75 Å². The van der Waals surface area contributed by atoms with Gasteiger partial charge in [0.15, 0.2) is 12.2 Å². The van der Waals surface area contributed by atoms with Crippen LogP contribution in [-0.4, -0.2) is 125 Å². The highest BCUT2D eigenvalue weighted by Gasteiger charge is 2.53. The summed E-state index contributed by atoms with van der Waals surface area (Å²) < 4.78 is 49.4. The van der Waals surface area contributed by atoms with E-state index in [0.717, 1.165) is 27.7 Å². The van der Waals surface area contributed by atoms with E-state index in [1.165, 1.54) is 18.2 Å². The number of azide groups is 1. The fourth-order valence-electron chi connectivity index (χ4n) is 4.39. The van der Waals surface area contributed by atoms with Crippen LogP contribution in [0.5, 0.6) is 5.75 Å². The molecule has 1 heterocycles. The van der Waals surface area contributed by atoms with Crippen LogP contribution in [0.25, 0.3) is 10.4 Å². The van der Waals surface area contributed by atoms with Gasteiger partial charge in [-0.1, -0.05) is 11.2 Å². The summed E-state index contributed by atoms with van der Waals surface area (Å²) in [5, 5.41) is 15.7. The normalized spacial score (nSPS) is 19.9. The number of esters is 4. The van der Waals surface area contributed by atoms with Crippen molar-refractivity contribution < 1.29 is 71.7 Å². The summed E-state index contributed by atoms with van der Waals surface area (Å²) in [7, 11) is 0. The van der Waals surface area contributed by atoms with Crippen molar-refractivity contribution in [2.24, 2.45) is 5.11 Å². The van der Waals surface area contributed by atoms with E-state index in [2.05, 4.69) is 15.3 Å². The fraction of sp³-hybridized carbons (Fsp3) is 0.633. The molecule has 1 aromatic rings. The first-order chi connectivity index (χ1) is 23.5. The standard InChI is InChI=1S/C30H42N4O15/c1-18(36)44-17-25-26(45-19(2)37)27(46-20(3)38)28(47-21(4)39)30(49-25)48-24-6-5-22(16-35)15-23(24)29(40)32-7-9-41-11-13-43-14-12-42-10-8-33-34-31/h5-6,15,25-28,30,35H,7-14,16-17H2,1-4H3,(H,32,40)/t25-,26+,27+,28-,30?/m1/s1. The maximum Gasteiger partial charge on any atom is 0.303 e. The van der Waals surface area contributed by atoms with Crippen LogP contribution in [0.1, 0.15) is 43.6 Å². The number of ether oxygens (including phenoxy) is 9. The lowest BCUT2D eigenvalue weighted by Crippen LogP contribution is -2.63. The Balaban J connectivity index is 2.16. The minimum Gasteiger partial charge on any atom is -0.463 e. The number of aliphatic hydroxyl groups is 1. The Morgan fingerprint density at radius 2 is 1.43 bits per heavy atom. The molecule has 0 aromatic heterocycles. The first kappa shape index (κ1) is 40.7. The molecule has 2 rings (SSSR count). The molecule has 0 spiro atoms. The van der Waals surface area contributed by atoms with Crippen LogP contribution in [-0.2, 0) is 63.7 Å². The maximum atomic E-state index is 13.3. The van der Waals surface area contributed by atoms with E-state index >= 15 is 0 Å². The van der Waals surface area contributed by atoms with Gasteiger partial charge in [-0.05, 0) is 23.2 Å². The van der Waals surface area contributed by atoms with Gasteiger partial charge in [-0.25, -0.2) is 0 Å².